The third-order valence-electron chi connectivity index (χ3n) is 2.36. The maximum atomic E-state index is 12.0. The highest BCUT2D eigenvalue weighted by Crippen LogP contribution is 2.19. The number of nitrogens with zero attached hydrogens (tertiary/aromatic N) is 3. The van der Waals surface area contributed by atoms with Gasteiger partial charge in [-0.3, -0.25) is 0 Å². The maximum absolute atomic E-state index is 12.0. The van der Waals surface area contributed by atoms with E-state index in [9.17, 15) is 8.42 Å². The number of imidazole rings is 1. The van der Waals surface area contributed by atoms with Crippen LogP contribution in [0.25, 0.3) is 0 Å². The van der Waals surface area contributed by atoms with Gasteiger partial charge < -0.3 is 4.57 Å². The van der Waals surface area contributed by atoms with E-state index in [1.54, 1.807) is 12.6 Å². The van der Waals surface area contributed by atoms with Gasteiger partial charge in [-0.1, -0.05) is 11.6 Å². The number of hydrogen-bond acceptors (Lipinski definition) is 5. The second-order valence-corrected chi connectivity index (χ2v) is 6.62. The number of aryl methyl sites for hydroxylation is 2. The summed E-state index contributed by atoms with van der Waals surface area (Å²) >= 11 is 7.25. The van der Waals surface area contributed by atoms with Gasteiger partial charge in [-0.2, -0.15) is 0 Å². The molecule has 9 heteroatoms. The molecule has 6 nitrogen and oxygen atoms in total. The largest absolute Gasteiger partial charge is 0.324 e. The van der Waals surface area contributed by atoms with Crippen LogP contribution in [0.2, 0.25) is 5.15 Å². The number of thiazole rings is 1. The number of aromatic nitrogens is 3. The molecular weight excluding hydrogens is 296 g/mol. The predicted octanol–water partition coefficient (Wildman–Crippen LogP) is 1.32. The van der Waals surface area contributed by atoms with Crippen molar-refractivity contribution in [1.29, 1.82) is 0 Å². The Hall–Kier alpha value is -0.960. The first-order chi connectivity index (χ1) is 8.42. The zero-order valence-electron chi connectivity index (χ0n) is 9.71. The molecule has 0 saturated heterocycles. The molecule has 98 valence electrons. The Kier molecular flexibility index (Phi) is 3.71. The number of nitrogens with one attached hydrogen (secondary N) is 1. The molecule has 0 unspecified atom stereocenters. The molecule has 0 radical (unpaired) electrons. The lowest BCUT2D eigenvalue weighted by Crippen LogP contribution is -2.23. The van der Waals surface area contributed by atoms with Gasteiger partial charge in [-0.05, 0) is 6.92 Å². The van der Waals surface area contributed by atoms with Gasteiger partial charge in [0, 0.05) is 18.5 Å². The Morgan fingerprint density at radius 2 is 2.22 bits per heavy atom. The normalized spacial score (nSPS) is 11.9. The Morgan fingerprint density at radius 3 is 2.72 bits per heavy atom. The SMILES string of the molecule is Cc1ncsc1CNS(=O)(=O)c1ncn(C)c1Cl. The first-order valence-electron chi connectivity index (χ1n) is 4.97. The number of rotatable bonds is 4. The summed E-state index contributed by atoms with van der Waals surface area (Å²) in [6.45, 7) is 2.01. The van der Waals surface area contributed by atoms with Gasteiger partial charge in [0.25, 0.3) is 10.0 Å². The highest BCUT2D eigenvalue weighted by Gasteiger charge is 2.22. The zero-order valence-corrected chi connectivity index (χ0v) is 12.1. The molecule has 0 spiro atoms. The average Bonchev–Trinajstić information content (AvgIpc) is 2.85. The molecule has 0 fully saturated rings. The molecule has 0 atom stereocenters. The van der Waals surface area contributed by atoms with Crippen molar-refractivity contribution in [3.63, 3.8) is 0 Å². The Bertz CT molecular complexity index is 662. The van der Waals surface area contributed by atoms with Gasteiger partial charge in [-0.15, -0.1) is 11.3 Å². The van der Waals surface area contributed by atoms with Crippen LogP contribution in [0, 0.1) is 6.92 Å². The first-order valence-corrected chi connectivity index (χ1v) is 7.71. The second kappa shape index (κ2) is 4.96. The molecule has 2 aromatic rings. The predicted molar refractivity (Wildman–Crippen MR) is 69.1 cm³/mol. The fourth-order valence-electron chi connectivity index (χ4n) is 1.30. The van der Waals surface area contributed by atoms with E-state index >= 15 is 0 Å². The smallest absolute Gasteiger partial charge is 0.261 e. The molecule has 0 aliphatic rings. The molecule has 2 heterocycles. The summed E-state index contributed by atoms with van der Waals surface area (Å²) in [5, 5.41) is -0.0719. The van der Waals surface area contributed by atoms with Crippen LogP contribution in [-0.4, -0.2) is 23.0 Å². The van der Waals surface area contributed by atoms with Gasteiger partial charge in [-0.25, -0.2) is 23.1 Å². The van der Waals surface area contributed by atoms with Crippen molar-refractivity contribution in [2.75, 3.05) is 0 Å². The molecule has 0 aromatic carbocycles. The van der Waals surface area contributed by atoms with Crippen LogP contribution >= 0.6 is 22.9 Å². The molecule has 0 aliphatic heterocycles. The van der Waals surface area contributed by atoms with Crippen LogP contribution in [0.5, 0.6) is 0 Å². The van der Waals surface area contributed by atoms with Crippen molar-refractivity contribution in [2.24, 2.45) is 7.05 Å². The highest BCUT2D eigenvalue weighted by atomic mass is 35.5. The standard InChI is InChI=1S/C9H11ClN4O2S2/c1-6-7(17-5-12-6)3-13-18(15,16)9-8(10)14(2)4-11-9/h4-5,13H,3H2,1-2H3. The third-order valence-corrected chi connectivity index (χ3v) is 5.18. The molecule has 18 heavy (non-hydrogen) atoms. The van der Waals surface area contributed by atoms with Crippen molar-refractivity contribution in [3.05, 3.63) is 27.6 Å². The Labute approximate surface area is 114 Å². The minimum Gasteiger partial charge on any atom is -0.324 e. The molecular formula is C9H11ClN4O2S2. The highest BCUT2D eigenvalue weighted by molar-refractivity contribution is 7.89. The lowest BCUT2D eigenvalue weighted by Gasteiger charge is -2.04. The lowest BCUT2D eigenvalue weighted by atomic mass is 10.4. The van der Waals surface area contributed by atoms with Crippen LogP contribution in [-0.2, 0) is 23.6 Å². The van der Waals surface area contributed by atoms with Crippen LogP contribution in [0.15, 0.2) is 16.9 Å². The van der Waals surface area contributed by atoms with Crippen LogP contribution in [0.1, 0.15) is 10.6 Å². The van der Waals surface area contributed by atoms with Crippen molar-refractivity contribution in [2.45, 2.75) is 18.5 Å². The second-order valence-electron chi connectivity index (χ2n) is 3.64. The first kappa shape index (κ1) is 13.5. The summed E-state index contributed by atoms with van der Waals surface area (Å²) in [7, 11) is -2.07. The van der Waals surface area contributed by atoms with E-state index in [-0.39, 0.29) is 16.7 Å². The summed E-state index contributed by atoms with van der Waals surface area (Å²) in [5.74, 6) is 0. The summed E-state index contributed by atoms with van der Waals surface area (Å²) in [5.41, 5.74) is 2.49. The summed E-state index contributed by atoms with van der Waals surface area (Å²) in [6, 6.07) is 0. The number of sulfonamides is 1. The summed E-state index contributed by atoms with van der Waals surface area (Å²) in [4.78, 5) is 8.69. The molecule has 0 amide bonds. The zero-order chi connectivity index (χ0) is 13.3. The van der Waals surface area contributed by atoms with Crippen LogP contribution in [0.3, 0.4) is 0 Å². The third kappa shape index (κ3) is 2.56. The minimum absolute atomic E-state index is 0.0866. The van der Waals surface area contributed by atoms with E-state index < -0.39 is 10.0 Å². The number of hydrogen-bond donors (Lipinski definition) is 1. The van der Waals surface area contributed by atoms with Gasteiger partial charge in [0.2, 0.25) is 5.03 Å². The molecule has 0 aliphatic carbocycles. The van der Waals surface area contributed by atoms with E-state index in [1.165, 1.54) is 22.2 Å². The topological polar surface area (TPSA) is 76.9 Å². The van der Waals surface area contributed by atoms with Crippen LogP contribution in [0.4, 0.5) is 0 Å². The number of halogens is 1. The van der Waals surface area contributed by atoms with Crippen molar-refractivity contribution < 1.29 is 8.42 Å². The summed E-state index contributed by atoms with van der Waals surface area (Å²) < 4.78 is 27.9. The molecule has 1 N–H and O–H groups in total. The van der Waals surface area contributed by atoms with Gasteiger partial charge >= 0.3 is 0 Å². The maximum Gasteiger partial charge on any atom is 0.261 e. The van der Waals surface area contributed by atoms with E-state index in [2.05, 4.69) is 14.7 Å². The Morgan fingerprint density at radius 1 is 1.50 bits per heavy atom. The van der Waals surface area contributed by atoms with Crippen molar-refractivity contribution in [3.8, 4) is 0 Å². The van der Waals surface area contributed by atoms with E-state index in [4.69, 9.17) is 11.6 Å². The Balaban J connectivity index is 2.18. The van der Waals surface area contributed by atoms with Gasteiger partial charge in [0.1, 0.15) is 5.15 Å². The van der Waals surface area contributed by atoms with E-state index in [1.807, 2.05) is 6.92 Å². The fourth-order valence-corrected chi connectivity index (χ4v) is 3.53. The van der Waals surface area contributed by atoms with Gasteiger partial charge in [0.15, 0.2) is 0 Å². The molecule has 2 rings (SSSR count). The van der Waals surface area contributed by atoms with Crippen molar-refractivity contribution >= 4 is 33.0 Å². The molecule has 0 saturated carbocycles. The summed E-state index contributed by atoms with van der Waals surface area (Å²) in [6.07, 6.45) is 1.36. The van der Waals surface area contributed by atoms with Crippen LogP contribution < -0.4 is 4.72 Å². The quantitative estimate of drug-likeness (QED) is 0.924. The van der Waals surface area contributed by atoms with Crippen molar-refractivity contribution in [1.82, 2.24) is 19.3 Å². The lowest BCUT2D eigenvalue weighted by molar-refractivity contribution is 0.578. The molecule has 2 aromatic heterocycles. The van der Waals surface area contributed by atoms with Gasteiger partial charge in [0.05, 0.1) is 17.5 Å². The average molecular weight is 307 g/mol. The fraction of sp³-hybridized carbons (Fsp3) is 0.333. The minimum atomic E-state index is -3.70. The molecule has 0 bridgehead atoms. The monoisotopic (exact) mass is 306 g/mol. The van der Waals surface area contributed by atoms with E-state index in [0.29, 0.717) is 0 Å². The van der Waals surface area contributed by atoms with E-state index in [0.717, 1.165) is 10.6 Å².